The standard InChI is InChI=1S/C27H28N4/c1-19-12-26-23(22-10-6-7-11-25(22)31(26)21-8-4-3-5-9-21)13-24(19)27-14-28-16-29(15-27)18-30(17-28)20(27)2/h3-13,20H,14-18H2,1-2H3/t20-/m1/s1. The smallest absolute Gasteiger partial charge is 0.0543 e. The molecule has 4 aromatic rings. The summed E-state index contributed by atoms with van der Waals surface area (Å²) in [6.45, 7) is 10.5. The highest BCUT2D eigenvalue weighted by Gasteiger charge is 2.54. The first kappa shape index (κ1) is 18.0. The summed E-state index contributed by atoms with van der Waals surface area (Å²) in [5.74, 6) is 0. The molecule has 3 aromatic carbocycles. The van der Waals surface area contributed by atoms with Crippen LogP contribution in [-0.2, 0) is 5.41 Å². The van der Waals surface area contributed by atoms with E-state index in [4.69, 9.17) is 0 Å². The molecule has 2 unspecified atom stereocenters. The van der Waals surface area contributed by atoms with Gasteiger partial charge in [0.15, 0.2) is 0 Å². The number of aromatic nitrogens is 1. The molecule has 5 heterocycles. The molecular formula is C27H28N4. The second-order valence-corrected chi connectivity index (χ2v) is 9.88. The van der Waals surface area contributed by atoms with Gasteiger partial charge in [0, 0.05) is 41.0 Å². The van der Waals surface area contributed by atoms with Crippen LogP contribution < -0.4 is 0 Å². The van der Waals surface area contributed by atoms with Gasteiger partial charge in [0.25, 0.3) is 0 Å². The van der Waals surface area contributed by atoms with E-state index in [9.17, 15) is 0 Å². The zero-order valence-corrected chi connectivity index (χ0v) is 18.3. The van der Waals surface area contributed by atoms with E-state index in [1.807, 2.05) is 0 Å². The molecule has 0 N–H and O–H groups in total. The van der Waals surface area contributed by atoms with Crippen molar-refractivity contribution < 1.29 is 0 Å². The Morgan fingerprint density at radius 1 is 0.774 bits per heavy atom. The van der Waals surface area contributed by atoms with Crippen molar-refractivity contribution >= 4 is 21.8 Å². The van der Waals surface area contributed by atoms with Crippen LogP contribution in [0.15, 0.2) is 66.7 Å². The van der Waals surface area contributed by atoms with Crippen molar-refractivity contribution in [1.29, 1.82) is 0 Å². The van der Waals surface area contributed by atoms with Crippen LogP contribution in [0.3, 0.4) is 0 Å². The van der Waals surface area contributed by atoms with E-state index in [0.29, 0.717) is 6.04 Å². The number of hydrogen-bond donors (Lipinski definition) is 0. The van der Waals surface area contributed by atoms with Crippen LogP contribution in [0.25, 0.3) is 27.5 Å². The first-order valence-electron chi connectivity index (χ1n) is 11.4. The van der Waals surface area contributed by atoms with Gasteiger partial charge in [-0.3, -0.25) is 14.7 Å². The number of nitrogens with zero attached hydrogens (tertiary/aromatic N) is 4. The van der Waals surface area contributed by atoms with E-state index < -0.39 is 0 Å². The molecule has 0 radical (unpaired) electrons. The quantitative estimate of drug-likeness (QED) is 0.484. The van der Waals surface area contributed by atoms with Crippen LogP contribution in [0.4, 0.5) is 0 Å². The van der Waals surface area contributed by atoms with Crippen molar-refractivity contribution in [3.05, 3.63) is 77.9 Å². The Kier molecular flexibility index (Phi) is 3.59. The van der Waals surface area contributed by atoms with Crippen LogP contribution in [-0.4, -0.2) is 58.4 Å². The van der Waals surface area contributed by atoms with Gasteiger partial charge in [-0.05, 0) is 55.3 Å². The minimum atomic E-state index is 0.184. The minimum absolute atomic E-state index is 0.184. The monoisotopic (exact) mass is 408 g/mol. The summed E-state index contributed by atoms with van der Waals surface area (Å²) < 4.78 is 2.43. The lowest BCUT2D eigenvalue weighted by Gasteiger charge is -2.64. The minimum Gasteiger partial charge on any atom is -0.309 e. The van der Waals surface area contributed by atoms with Crippen LogP contribution in [0.5, 0.6) is 0 Å². The van der Waals surface area contributed by atoms with Crippen molar-refractivity contribution in [3.63, 3.8) is 0 Å². The number of fused-ring (bicyclic) bond motifs is 3. The molecule has 4 bridgehead atoms. The van der Waals surface area contributed by atoms with Gasteiger partial charge < -0.3 is 4.57 Å². The van der Waals surface area contributed by atoms with E-state index in [0.717, 1.165) is 20.0 Å². The SMILES string of the molecule is Cc1cc2c(cc1C13CN4CN(CN(C4)[C@@H]1C)C3)c1ccccc1n2-c1ccccc1. The van der Waals surface area contributed by atoms with E-state index in [1.165, 1.54) is 46.1 Å². The van der Waals surface area contributed by atoms with Crippen LogP contribution in [0.1, 0.15) is 18.1 Å². The lowest BCUT2D eigenvalue weighted by molar-refractivity contribution is -0.172. The lowest BCUT2D eigenvalue weighted by Crippen LogP contribution is -2.77. The molecule has 156 valence electrons. The van der Waals surface area contributed by atoms with Gasteiger partial charge in [0.1, 0.15) is 0 Å². The van der Waals surface area contributed by atoms with Gasteiger partial charge in [0.05, 0.1) is 31.0 Å². The molecule has 4 aliphatic heterocycles. The zero-order valence-electron chi connectivity index (χ0n) is 18.3. The predicted octanol–water partition coefficient (Wildman–Crippen LogP) is 4.54. The number of rotatable bonds is 2. The molecular weight excluding hydrogens is 380 g/mol. The molecule has 0 amide bonds. The molecule has 31 heavy (non-hydrogen) atoms. The first-order chi connectivity index (χ1) is 15.1. The van der Waals surface area contributed by atoms with Crippen molar-refractivity contribution in [3.8, 4) is 5.69 Å². The highest BCUT2D eigenvalue weighted by atomic mass is 15.5. The third-order valence-corrected chi connectivity index (χ3v) is 8.09. The molecule has 0 aliphatic carbocycles. The molecule has 0 saturated carbocycles. The van der Waals surface area contributed by atoms with Crippen LogP contribution >= 0.6 is 0 Å². The van der Waals surface area contributed by atoms with Gasteiger partial charge in [-0.15, -0.1) is 0 Å². The fraction of sp³-hybridized carbons (Fsp3) is 0.333. The Balaban J connectivity index is 1.51. The van der Waals surface area contributed by atoms with E-state index in [2.05, 4.69) is 99.8 Å². The summed E-state index contributed by atoms with van der Waals surface area (Å²) in [7, 11) is 0. The molecule has 4 heteroatoms. The Hall–Kier alpha value is -2.66. The van der Waals surface area contributed by atoms with Crippen LogP contribution in [0, 0.1) is 6.92 Å². The van der Waals surface area contributed by atoms with E-state index >= 15 is 0 Å². The third-order valence-electron chi connectivity index (χ3n) is 8.09. The molecule has 4 nitrogen and oxygen atoms in total. The first-order valence-corrected chi connectivity index (χ1v) is 11.4. The maximum absolute atomic E-state index is 2.66. The van der Waals surface area contributed by atoms with E-state index in [1.54, 1.807) is 5.56 Å². The van der Waals surface area contributed by atoms with E-state index in [-0.39, 0.29) is 5.41 Å². The highest BCUT2D eigenvalue weighted by molar-refractivity contribution is 6.09. The molecule has 1 aromatic heterocycles. The predicted molar refractivity (Wildman–Crippen MR) is 127 cm³/mol. The highest BCUT2D eigenvalue weighted by Crippen LogP contribution is 2.46. The van der Waals surface area contributed by atoms with Crippen LogP contribution in [0.2, 0.25) is 0 Å². The molecule has 4 fully saturated rings. The fourth-order valence-electron chi connectivity index (χ4n) is 6.74. The average molecular weight is 409 g/mol. The second kappa shape index (κ2) is 6.19. The fourth-order valence-corrected chi connectivity index (χ4v) is 6.74. The Labute approximate surface area is 183 Å². The Morgan fingerprint density at radius 2 is 1.48 bits per heavy atom. The maximum Gasteiger partial charge on any atom is 0.0543 e. The van der Waals surface area contributed by atoms with Gasteiger partial charge >= 0.3 is 0 Å². The van der Waals surface area contributed by atoms with Gasteiger partial charge in [-0.25, -0.2) is 0 Å². The average Bonchev–Trinajstić information content (AvgIpc) is 3.10. The molecule has 4 aliphatic rings. The largest absolute Gasteiger partial charge is 0.309 e. The number of aryl methyl sites for hydroxylation is 1. The molecule has 8 rings (SSSR count). The maximum atomic E-state index is 2.66. The Morgan fingerprint density at radius 3 is 2.26 bits per heavy atom. The number of benzene rings is 3. The summed E-state index contributed by atoms with van der Waals surface area (Å²) in [6.07, 6.45) is 0. The molecule has 0 spiro atoms. The number of hydrogen-bond acceptors (Lipinski definition) is 3. The van der Waals surface area contributed by atoms with Crippen molar-refractivity contribution in [2.24, 2.45) is 0 Å². The van der Waals surface area contributed by atoms with Crippen molar-refractivity contribution in [2.45, 2.75) is 25.3 Å². The lowest BCUT2D eigenvalue weighted by atomic mass is 9.68. The Bertz CT molecular complexity index is 1310. The third kappa shape index (κ3) is 2.35. The van der Waals surface area contributed by atoms with Gasteiger partial charge in [-0.2, -0.15) is 0 Å². The summed E-state index contributed by atoms with van der Waals surface area (Å²) >= 11 is 0. The zero-order chi connectivity index (χ0) is 20.7. The molecule has 3 atom stereocenters. The summed E-state index contributed by atoms with van der Waals surface area (Å²) in [6, 6.07) is 25.2. The summed E-state index contributed by atoms with van der Waals surface area (Å²) in [5.41, 5.74) is 6.98. The summed E-state index contributed by atoms with van der Waals surface area (Å²) in [5, 5.41) is 2.73. The normalized spacial score (nSPS) is 31.7. The molecule has 4 saturated heterocycles. The number of para-hydroxylation sites is 2. The topological polar surface area (TPSA) is 14.7 Å². The van der Waals surface area contributed by atoms with Crippen molar-refractivity contribution in [2.75, 3.05) is 33.1 Å². The second-order valence-electron chi connectivity index (χ2n) is 9.88. The van der Waals surface area contributed by atoms with Gasteiger partial charge in [-0.1, -0.05) is 36.4 Å². The summed E-state index contributed by atoms with van der Waals surface area (Å²) in [4.78, 5) is 7.92. The van der Waals surface area contributed by atoms with Crippen molar-refractivity contribution in [1.82, 2.24) is 19.3 Å². The van der Waals surface area contributed by atoms with Gasteiger partial charge in [0.2, 0.25) is 0 Å².